The van der Waals surface area contributed by atoms with Gasteiger partial charge in [-0.05, 0) is 25.7 Å². The van der Waals surface area contributed by atoms with Crippen LogP contribution in [0, 0.1) is 11.3 Å². The van der Waals surface area contributed by atoms with Gasteiger partial charge in [0.25, 0.3) is 5.91 Å². The summed E-state index contributed by atoms with van der Waals surface area (Å²) < 4.78 is 9.44. The molecule has 2 amide bonds. The average Bonchev–Trinajstić information content (AvgIpc) is 3.29. The molecule has 4 atom stereocenters. The van der Waals surface area contributed by atoms with Crippen LogP contribution in [0.25, 0.3) is 0 Å². The molecule has 30 heavy (non-hydrogen) atoms. The van der Waals surface area contributed by atoms with E-state index in [1.807, 2.05) is 0 Å². The van der Waals surface area contributed by atoms with Crippen molar-refractivity contribution in [3.05, 3.63) is 0 Å². The number of ether oxygens (including phenoxy) is 2. The summed E-state index contributed by atoms with van der Waals surface area (Å²) in [6, 6.07) is -1.40. The third-order valence-corrected chi connectivity index (χ3v) is 6.06. The standard InChI is InChI=1S/C19H28N2O9/c1-11(22)29-16(25)13(14(23)20-8-3-4-9-20)21-10-19(17(21)26)7-5-6-12(19)15(24)30-18(2,27)28/h12-13,16,25,27-28H,3-10H2,1-2H3/t12?,13-,16+,19?/m1/s1. The first-order valence-corrected chi connectivity index (χ1v) is 10.1. The summed E-state index contributed by atoms with van der Waals surface area (Å²) in [6.07, 6.45) is 1.01. The Labute approximate surface area is 173 Å². The maximum absolute atomic E-state index is 13.2. The van der Waals surface area contributed by atoms with Crippen LogP contribution in [-0.2, 0) is 28.7 Å². The van der Waals surface area contributed by atoms with Gasteiger partial charge in [0.2, 0.25) is 12.2 Å². The topological polar surface area (TPSA) is 154 Å². The molecule has 11 heteroatoms. The van der Waals surface area contributed by atoms with Crippen molar-refractivity contribution in [2.75, 3.05) is 19.6 Å². The van der Waals surface area contributed by atoms with Crippen molar-refractivity contribution in [3.8, 4) is 0 Å². The number of nitrogens with zero attached hydrogens (tertiary/aromatic N) is 2. The first kappa shape index (κ1) is 22.4. The number of hydrogen-bond acceptors (Lipinski definition) is 9. The molecule has 2 heterocycles. The molecule has 0 radical (unpaired) electrons. The first-order valence-electron chi connectivity index (χ1n) is 10.1. The van der Waals surface area contributed by atoms with Gasteiger partial charge < -0.3 is 34.6 Å². The molecule has 3 rings (SSSR count). The van der Waals surface area contributed by atoms with Crippen molar-refractivity contribution in [3.63, 3.8) is 0 Å². The number of amides is 2. The second-order valence-electron chi connectivity index (χ2n) is 8.37. The monoisotopic (exact) mass is 428 g/mol. The SMILES string of the molecule is CC(=O)O[C@H](O)[C@@H](C(=O)N1CCCC1)N1CC2(CCCC2C(=O)OC(C)(O)O)C1=O. The average molecular weight is 428 g/mol. The van der Waals surface area contributed by atoms with Crippen LogP contribution in [0.2, 0.25) is 0 Å². The van der Waals surface area contributed by atoms with E-state index in [4.69, 9.17) is 4.74 Å². The predicted octanol–water partition coefficient (Wildman–Crippen LogP) is -1.31. The summed E-state index contributed by atoms with van der Waals surface area (Å²) in [4.78, 5) is 52.5. The Kier molecular flexibility index (Phi) is 6.08. The van der Waals surface area contributed by atoms with E-state index in [0.29, 0.717) is 32.4 Å². The molecule has 0 aromatic heterocycles. The molecule has 2 aliphatic heterocycles. The van der Waals surface area contributed by atoms with E-state index >= 15 is 0 Å². The van der Waals surface area contributed by atoms with Crippen LogP contribution in [0.5, 0.6) is 0 Å². The minimum atomic E-state index is -2.66. The fourth-order valence-corrected chi connectivity index (χ4v) is 4.75. The van der Waals surface area contributed by atoms with Gasteiger partial charge in [0, 0.05) is 33.5 Å². The predicted molar refractivity (Wildman–Crippen MR) is 97.8 cm³/mol. The molecular formula is C19H28N2O9. The van der Waals surface area contributed by atoms with Crippen molar-refractivity contribution in [1.82, 2.24) is 9.80 Å². The van der Waals surface area contributed by atoms with Gasteiger partial charge in [-0.2, -0.15) is 0 Å². The number of hydrogen-bond donors (Lipinski definition) is 3. The van der Waals surface area contributed by atoms with Gasteiger partial charge in [0.05, 0.1) is 11.3 Å². The van der Waals surface area contributed by atoms with Crippen LogP contribution >= 0.6 is 0 Å². The number of aliphatic hydroxyl groups excluding tert-OH is 1. The quantitative estimate of drug-likeness (QED) is 0.266. The van der Waals surface area contributed by atoms with Crippen LogP contribution in [0.1, 0.15) is 46.0 Å². The van der Waals surface area contributed by atoms with E-state index in [0.717, 1.165) is 31.6 Å². The van der Waals surface area contributed by atoms with Gasteiger partial charge in [0.15, 0.2) is 6.04 Å². The zero-order valence-corrected chi connectivity index (χ0v) is 17.1. The molecule has 3 N–H and O–H groups in total. The van der Waals surface area contributed by atoms with Crippen molar-refractivity contribution < 1.29 is 44.0 Å². The third-order valence-electron chi connectivity index (χ3n) is 6.06. The van der Waals surface area contributed by atoms with Crippen molar-refractivity contribution >= 4 is 23.8 Å². The number of β-lactam (4-membered cyclic amide) rings is 1. The molecule has 0 aromatic rings. The maximum Gasteiger partial charge on any atom is 0.321 e. The molecule has 1 aliphatic carbocycles. The number of carbonyl (C=O) groups is 4. The van der Waals surface area contributed by atoms with Crippen LogP contribution in [-0.4, -0.2) is 86.8 Å². The van der Waals surface area contributed by atoms with E-state index in [2.05, 4.69) is 4.74 Å². The fraction of sp³-hybridized carbons (Fsp3) is 0.789. The second-order valence-corrected chi connectivity index (χ2v) is 8.37. The molecule has 0 bridgehead atoms. The van der Waals surface area contributed by atoms with E-state index in [9.17, 15) is 34.5 Å². The molecule has 3 aliphatic rings. The van der Waals surface area contributed by atoms with Gasteiger partial charge in [0.1, 0.15) is 0 Å². The van der Waals surface area contributed by atoms with Gasteiger partial charge in [-0.25, -0.2) is 0 Å². The minimum Gasteiger partial charge on any atom is -0.433 e. The lowest BCUT2D eigenvalue weighted by Crippen LogP contribution is -2.71. The number of carbonyl (C=O) groups excluding carboxylic acids is 4. The molecule has 1 saturated carbocycles. The highest BCUT2D eigenvalue weighted by Crippen LogP contribution is 2.52. The normalized spacial score (nSPS) is 28.3. The van der Waals surface area contributed by atoms with Gasteiger partial charge in [-0.1, -0.05) is 6.42 Å². The Bertz CT molecular complexity index is 728. The summed E-state index contributed by atoms with van der Waals surface area (Å²) >= 11 is 0. The zero-order chi connectivity index (χ0) is 22.3. The summed E-state index contributed by atoms with van der Waals surface area (Å²) in [7, 11) is 0. The van der Waals surface area contributed by atoms with E-state index in [1.165, 1.54) is 4.90 Å². The van der Waals surface area contributed by atoms with E-state index < -0.39 is 53.4 Å². The molecule has 1 spiro atoms. The van der Waals surface area contributed by atoms with Crippen molar-refractivity contribution in [2.45, 2.75) is 64.3 Å². The second kappa shape index (κ2) is 8.12. The first-order chi connectivity index (χ1) is 14.0. The molecule has 2 unspecified atom stereocenters. The highest BCUT2D eigenvalue weighted by atomic mass is 16.8. The van der Waals surface area contributed by atoms with Crippen LogP contribution in [0.4, 0.5) is 0 Å². The Hall–Kier alpha value is -2.24. The summed E-state index contributed by atoms with van der Waals surface area (Å²) in [6.45, 7) is 2.93. The van der Waals surface area contributed by atoms with E-state index in [1.54, 1.807) is 0 Å². The molecular weight excluding hydrogens is 400 g/mol. The highest BCUT2D eigenvalue weighted by molar-refractivity contribution is 5.98. The lowest BCUT2D eigenvalue weighted by Gasteiger charge is -2.52. The van der Waals surface area contributed by atoms with Crippen LogP contribution in [0.15, 0.2) is 0 Å². The summed E-state index contributed by atoms with van der Waals surface area (Å²) in [5, 5.41) is 29.1. The van der Waals surface area contributed by atoms with Gasteiger partial charge in [-0.15, -0.1) is 0 Å². The molecule has 3 fully saturated rings. The third kappa shape index (κ3) is 4.14. The zero-order valence-electron chi connectivity index (χ0n) is 17.1. The summed E-state index contributed by atoms with van der Waals surface area (Å²) in [5.74, 6) is -6.29. The highest BCUT2D eigenvalue weighted by Gasteiger charge is 2.65. The molecule has 11 nitrogen and oxygen atoms in total. The number of esters is 2. The number of rotatable bonds is 6. The largest absolute Gasteiger partial charge is 0.433 e. The fourth-order valence-electron chi connectivity index (χ4n) is 4.75. The Morgan fingerprint density at radius 2 is 1.83 bits per heavy atom. The minimum absolute atomic E-state index is 0.0122. The van der Waals surface area contributed by atoms with E-state index in [-0.39, 0.29) is 6.54 Å². The molecule has 0 aromatic carbocycles. The number of likely N-dealkylation sites (tertiary alicyclic amines) is 2. The Morgan fingerprint density at radius 1 is 1.20 bits per heavy atom. The Morgan fingerprint density at radius 3 is 2.37 bits per heavy atom. The van der Waals surface area contributed by atoms with Crippen LogP contribution < -0.4 is 0 Å². The molecule has 2 saturated heterocycles. The lowest BCUT2D eigenvalue weighted by molar-refractivity contribution is -0.310. The summed E-state index contributed by atoms with van der Waals surface area (Å²) in [5.41, 5.74) is -1.14. The smallest absolute Gasteiger partial charge is 0.321 e. The van der Waals surface area contributed by atoms with Crippen molar-refractivity contribution in [2.24, 2.45) is 11.3 Å². The molecule has 168 valence electrons. The number of aliphatic hydroxyl groups is 3. The van der Waals surface area contributed by atoms with Gasteiger partial charge in [-0.3, -0.25) is 19.2 Å². The maximum atomic E-state index is 13.2. The van der Waals surface area contributed by atoms with Gasteiger partial charge >= 0.3 is 17.9 Å². The van der Waals surface area contributed by atoms with Crippen molar-refractivity contribution in [1.29, 1.82) is 0 Å². The van der Waals surface area contributed by atoms with Crippen LogP contribution in [0.3, 0.4) is 0 Å². The Balaban J connectivity index is 1.80. The lowest BCUT2D eigenvalue weighted by atomic mass is 9.69.